The van der Waals surface area contributed by atoms with E-state index in [1.165, 1.54) is 24.0 Å². The molecule has 1 saturated heterocycles. The van der Waals surface area contributed by atoms with Crippen LogP contribution in [0.4, 0.5) is 0 Å². The Labute approximate surface area is 228 Å². The van der Waals surface area contributed by atoms with E-state index < -0.39 is 20.2 Å². The Bertz CT molecular complexity index is 1220. The van der Waals surface area contributed by atoms with Crippen LogP contribution in [0, 0.1) is 28.6 Å². The number of rotatable bonds is 4. The molecule has 1 aliphatic heterocycles. The Morgan fingerprint density at radius 1 is 0.974 bits per heavy atom. The number of aliphatic hydroxyl groups excluding tert-OH is 1. The van der Waals surface area contributed by atoms with Gasteiger partial charge in [-0.15, -0.1) is 0 Å². The highest BCUT2D eigenvalue weighted by atomic mass is 28.4. The van der Waals surface area contributed by atoms with Gasteiger partial charge in [-0.25, -0.2) is 0 Å². The summed E-state index contributed by atoms with van der Waals surface area (Å²) in [7, 11) is -0.216. The molecule has 1 N–H and O–H groups in total. The van der Waals surface area contributed by atoms with E-state index in [-0.39, 0.29) is 34.0 Å². The van der Waals surface area contributed by atoms with Crippen molar-refractivity contribution in [2.45, 2.75) is 76.0 Å². The second-order valence-electron chi connectivity index (χ2n) is 13.6. The first kappa shape index (κ1) is 25.1. The fraction of sp³-hybridized carbons (Fsp3) is 0.625. The number of fused-ring (bicyclic) bond motifs is 5. The van der Waals surface area contributed by atoms with Gasteiger partial charge in [-0.05, 0) is 67.2 Å². The summed E-state index contributed by atoms with van der Waals surface area (Å²) >= 11 is 0. The number of benzene rings is 1. The molecule has 38 heavy (non-hydrogen) atoms. The maximum Gasteiger partial charge on any atom is 0.241 e. The summed E-state index contributed by atoms with van der Waals surface area (Å²) in [6, 6.07) is 8.76. The topological polar surface area (TPSA) is 57.2 Å². The predicted molar refractivity (Wildman–Crippen MR) is 149 cm³/mol. The molecule has 6 heteroatoms. The molecule has 1 heterocycles. The number of ether oxygens (including phenoxy) is 3. The van der Waals surface area contributed by atoms with Crippen LogP contribution in [0.25, 0.3) is 0 Å². The molecular formula is C32H42O5Si. The van der Waals surface area contributed by atoms with E-state index in [0.717, 1.165) is 30.8 Å². The van der Waals surface area contributed by atoms with E-state index in [9.17, 15) is 5.11 Å². The Hall–Kier alpha value is -1.86. The molecule has 1 aromatic rings. The van der Waals surface area contributed by atoms with E-state index in [1.54, 1.807) is 7.11 Å². The van der Waals surface area contributed by atoms with Crippen LogP contribution in [-0.2, 0) is 19.3 Å². The van der Waals surface area contributed by atoms with E-state index in [1.807, 2.05) is 12.2 Å². The van der Waals surface area contributed by atoms with Crippen molar-refractivity contribution in [1.82, 2.24) is 0 Å². The minimum atomic E-state index is -1.94. The van der Waals surface area contributed by atoms with Crippen LogP contribution in [0.3, 0.4) is 0 Å². The van der Waals surface area contributed by atoms with Crippen LogP contribution in [0.1, 0.15) is 44.6 Å². The predicted octanol–water partition coefficient (Wildman–Crippen LogP) is 6.11. The number of allylic oxidation sites excluding steroid dienone is 4. The van der Waals surface area contributed by atoms with Crippen LogP contribution >= 0.6 is 0 Å². The molecule has 7 rings (SSSR count). The summed E-state index contributed by atoms with van der Waals surface area (Å²) < 4.78 is 25.4. The first-order valence-corrected chi connectivity index (χ1v) is 17.9. The lowest BCUT2D eigenvalue weighted by Crippen LogP contribution is -2.56. The molecule has 5 aliphatic carbocycles. The molecule has 6 aliphatic rings. The second-order valence-corrected chi connectivity index (χ2v) is 18.1. The van der Waals surface area contributed by atoms with Crippen molar-refractivity contribution in [3.8, 4) is 5.75 Å². The van der Waals surface area contributed by atoms with E-state index in [4.69, 9.17) is 18.6 Å². The maximum atomic E-state index is 11.7. The van der Waals surface area contributed by atoms with Gasteiger partial charge in [0.05, 0.1) is 32.2 Å². The molecule has 3 fully saturated rings. The number of hydrogen-bond donors (Lipinski definition) is 1. The van der Waals surface area contributed by atoms with Crippen molar-refractivity contribution >= 4 is 8.32 Å². The highest BCUT2D eigenvalue weighted by molar-refractivity contribution is 6.70. The zero-order chi connectivity index (χ0) is 26.6. The SMILES string of the molecule is COc1ccc([C@]23C=C[C@@]4(CCCC[C@]24C)[C@@H]2C3=C(O[Si](C)(C)C)C[C@@H]3[C@H]2[C@H](O)C=CC32OCCO2)cc1. The summed E-state index contributed by atoms with van der Waals surface area (Å²) in [5.74, 6) is 1.46. The van der Waals surface area contributed by atoms with Gasteiger partial charge in [-0.1, -0.05) is 50.1 Å². The maximum absolute atomic E-state index is 11.7. The number of methoxy groups -OCH3 is 1. The van der Waals surface area contributed by atoms with Crippen molar-refractivity contribution in [3.05, 3.63) is 65.5 Å². The van der Waals surface area contributed by atoms with Gasteiger partial charge in [0.15, 0.2) is 5.79 Å². The van der Waals surface area contributed by atoms with Crippen molar-refractivity contribution in [3.63, 3.8) is 0 Å². The van der Waals surface area contributed by atoms with Crippen LogP contribution in [0.5, 0.6) is 5.75 Å². The van der Waals surface area contributed by atoms with Crippen molar-refractivity contribution < 1.29 is 23.7 Å². The molecule has 2 bridgehead atoms. The minimum absolute atomic E-state index is 0.00120. The van der Waals surface area contributed by atoms with Crippen molar-refractivity contribution in [1.29, 1.82) is 0 Å². The second kappa shape index (κ2) is 8.09. The van der Waals surface area contributed by atoms with Crippen molar-refractivity contribution in [2.75, 3.05) is 20.3 Å². The Balaban J connectivity index is 1.52. The summed E-state index contributed by atoms with van der Waals surface area (Å²) in [6.45, 7) is 10.6. The van der Waals surface area contributed by atoms with Gasteiger partial charge in [-0.3, -0.25) is 0 Å². The van der Waals surface area contributed by atoms with Gasteiger partial charge in [0.2, 0.25) is 8.32 Å². The summed E-state index contributed by atoms with van der Waals surface area (Å²) in [5.41, 5.74) is 2.44. The van der Waals surface area contributed by atoms with Gasteiger partial charge in [0.25, 0.3) is 0 Å². The highest BCUT2D eigenvalue weighted by Gasteiger charge is 2.78. The molecule has 1 aromatic carbocycles. The first-order valence-electron chi connectivity index (χ1n) is 14.5. The lowest BCUT2D eigenvalue weighted by Gasteiger charge is -2.55. The van der Waals surface area contributed by atoms with Crippen LogP contribution in [0.2, 0.25) is 19.6 Å². The average Bonchev–Trinajstić information content (AvgIpc) is 3.53. The summed E-state index contributed by atoms with van der Waals surface area (Å²) in [6.07, 6.45) is 14.0. The first-order chi connectivity index (χ1) is 18.1. The number of aliphatic hydroxyl groups is 1. The van der Waals surface area contributed by atoms with E-state index in [2.05, 4.69) is 63.0 Å². The van der Waals surface area contributed by atoms with Gasteiger partial charge in [0.1, 0.15) is 5.75 Å². The number of hydrogen-bond acceptors (Lipinski definition) is 5. The third-order valence-electron chi connectivity index (χ3n) is 11.0. The molecule has 2 saturated carbocycles. The largest absolute Gasteiger partial charge is 0.547 e. The molecule has 0 amide bonds. The normalized spacial score (nSPS) is 42.3. The van der Waals surface area contributed by atoms with Gasteiger partial charge >= 0.3 is 0 Å². The molecule has 0 radical (unpaired) electrons. The Kier molecular flexibility index (Phi) is 5.35. The molecule has 0 unspecified atom stereocenters. The van der Waals surface area contributed by atoms with Crippen LogP contribution in [-0.4, -0.2) is 45.6 Å². The zero-order valence-electron chi connectivity index (χ0n) is 23.5. The summed E-state index contributed by atoms with van der Waals surface area (Å²) in [4.78, 5) is 0. The van der Waals surface area contributed by atoms with Gasteiger partial charge in [-0.2, -0.15) is 0 Å². The van der Waals surface area contributed by atoms with Gasteiger partial charge < -0.3 is 23.7 Å². The van der Waals surface area contributed by atoms with E-state index >= 15 is 0 Å². The van der Waals surface area contributed by atoms with Crippen molar-refractivity contribution in [2.24, 2.45) is 28.6 Å². The molecule has 7 atom stereocenters. The molecule has 5 nitrogen and oxygen atoms in total. The minimum Gasteiger partial charge on any atom is -0.547 e. The smallest absolute Gasteiger partial charge is 0.241 e. The Morgan fingerprint density at radius 2 is 1.68 bits per heavy atom. The summed E-state index contributed by atoms with van der Waals surface area (Å²) in [5, 5.41) is 11.7. The van der Waals surface area contributed by atoms with E-state index in [0.29, 0.717) is 13.2 Å². The third kappa shape index (κ3) is 2.98. The van der Waals surface area contributed by atoms with Crippen LogP contribution in [0.15, 0.2) is 59.9 Å². The zero-order valence-corrected chi connectivity index (χ0v) is 24.5. The molecule has 0 aromatic heterocycles. The molecular weight excluding hydrogens is 492 g/mol. The molecule has 1 spiro atoms. The highest BCUT2D eigenvalue weighted by Crippen LogP contribution is 2.81. The molecule has 204 valence electrons. The van der Waals surface area contributed by atoms with Gasteiger partial charge in [0, 0.05) is 35.0 Å². The lowest BCUT2D eigenvalue weighted by molar-refractivity contribution is -0.199. The Morgan fingerprint density at radius 3 is 2.37 bits per heavy atom. The fourth-order valence-corrected chi connectivity index (χ4v) is 10.7. The standard InChI is InChI=1S/C32H42O5Si/c1-29-13-6-7-14-30(29)16-17-31(29,21-8-10-22(34-2)11-9-21)27-25(37-38(3,4)5)20-23-26(28(27)30)24(33)12-15-32(23)35-18-19-36-32/h8-12,15-17,23-24,26,28,33H,6-7,13-14,18-20H2,1-5H3/t23-,24-,26+,28+,29+,30+,31+/m1/s1. The average molecular weight is 535 g/mol. The fourth-order valence-electron chi connectivity index (χ4n) is 9.77. The third-order valence-corrected chi connectivity index (χ3v) is 11.9. The monoisotopic (exact) mass is 534 g/mol. The lowest BCUT2D eigenvalue weighted by atomic mass is 9.51. The van der Waals surface area contributed by atoms with Crippen LogP contribution < -0.4 is 4.74 Å². The quantitative estimate of drug-likeness (QED) is 0.373.